The van der Waals surface area contributed by atoms with E-state index in [-0.39, 0.29) is 12.7 Å². The molecule has 0 aliphatic heterocycles. The van der Waals surface area contributed by atoms with Gasteiger partial charge in [0.2, 0.25) is 0 Å². The highest BCUT2D eigenvalue weighted by molar-refractivity contribution is 5.27. The van der Waals surface area contributed by atoms with Crippen molar-refractivity contribution in [2.75, 3.05) is 6.61 Å². The third-order valence-corrected chi connectivity index (χ3v) is 1.93. The monoisotopic (exact) mass is 180 g/mol. The van der Waals surface area contributed by atoms with Gasteiger partial charge in [-0.05, 0) is 31.0 Å². The van der Waals surface area contributed by atoms with E-state index >= 15 is 0 Å². The largest absolute Gasteiger partial charge is 0.488 e. The fourth-order valence-corrected chi connectivity index (χ4v) is 1.07. The molecule has 1 aromatic rings. The molecule has 0 unspecified atom stereocenters. The maximum Gasteiger partial charge on any atom is 0.119 e. The molecule has 0 amide bonds. The Balaban J connectivity index is 2.58. The molecule has 0 spiro atoms. The predicted molar refractivity (Wildman–Crippen MR) is 53.0 cm³/mol. The van der Waals surface area contributed by atoms with Gasteiger partial charge in [-0.3, -0.25) is 0 Å². The fraction of sp³-hybridized carbons (Fsp3) is 0.455. The molecule has 13 heavy (non-hydrogen) atoms. The second-order valence-corrected chi connectivity index (χ2v) is 3.11. The minimum Gasteiger partial charge on any atom is -0.488 e. The molecule has 0 saturated carbocycles. The third kappa shape index (κ3) is 3.07. The van der Waals surface area contributed by atoms with Crippen LogP contribution in [-0.4, -0.2) is 17.8 Å². The molecule has 0 aromatic heterocycles. The van der Waals surface area contributed by atoms with E-state index in [1.807, 2.05) is 31.2 Å². The Morgan fingerprint density at radius 3 is 2.38 bits per heavy atom. The zero-order chi connectivity index (χ0) is 9.68. The molecular weight excluding hydrogens is 164 g/mol. The van der Waals surface area contributed by atoms with Gasteiger partial charge in [-0.25, -0.2) is 0 Å². The first-order chi connectivity index (χ1) is 6.26. The molecule has 1 aromatic carbocycles. The maximum absolute atomic E-state index is 8.77. The molecule has 0 heterocycles. The Morgan fingerprint density at radius 1 is 1.31 bits per heavy atom. The number of aliphatic hydroxyl groups excluding tert-OH is 1. The van der Waals surface area contributed by atoms with Crippen molar-refractivity contribution >= 4 is 0 Å². The minimum absolute atomic E-state index is 0.0511. The predicted octanol–water partition coefficient (Wildman–Crippen LogP) is 2.01. The van der Waals surface area contributed by atoms with Crippen LogP contribution < -0.4 is 4.74 Å². The van der Waals surface area contributed by atoms with E-state index < -0.39 is 0 Å². The first-order valence-electron chi connectivity index (χ1n) is 4.62. The van der Waals surface area contributed by atoms with Gasteiger partial charge in [-0.2, -0.15) is 0 Å². The van der Waals surface area contributed by atoms with Crippen LogP contribution in [0.25, 0.3) is 0 Å². The first kappa shape index (κ1) is 10.1. The number of ether oxygens (including phenoxy) is 1. The first-order valence-corrected chi connectivity index (χ1v) is 4.62. The number of rotatable bonds is 4. The summed E-state index contributed by atoms with van der Waals surface area (Å²) in [5.41, 5.74) is 1.30. The summed E-state index contributed by atoms with van der Waals surface area (Å²) in [4.78, 5) is 0. The number of hydrogen-bond acceptors (Lipinski definition) is 2. The summed E-state index contributed by atoms with van der Waals surface area (Å²) in [6.07, 6.45) is 0.906. The Hall–Kier alpha value is -1.02. The van der Waals surface area contributed by atoms with Crippen LogP contribution in [0.2, 0.25) is 0 Å². The summed E-state index contributed by atoms with van der Waals surface area (Å²) >= 11 is 0. The van der Waals surface area contributed by atoms with Gasteiger partial charge in [0.1, 0.15) is 11.9 Å². The summed E-state index contributed by atoms with van der Waals surface area (Å²) in [6, 6.07) is 7.95. The summed E-state index contributed by atoms with van der Waals surface area (Å²) in [5.74, 6) is 0.818. The zero-order valence-corrected chi connectivity index (χ0v) is 8.16. The second kappa shape index (κ2) is 4.87. The van der Waals surface area contributed by atoms with Crippen LogP contribution in [0.1, 0.15) is 19.4 Å². The SMILES string of the molecule is CCc1ccc(O[C@@H](C)CO)cc1. The molecule has 0 aliphatic carbocycles. The molecule has 0 aliphatic rings. The topological polar surface area (TPSA) is 29.5 Å². The molecule has 1 rings (SSSR count). The van der Waals surface area contributed by atoms with Gasteiger partial charge in [-0.15, -0.1) is 0 Å². The smallest absolute Gasteiger partial charge is 0.119 e. The van der Waals surface area contributed by atoms with E-state index in [0.29, 0.717) is 0 Å². The Kier molecular flexibility index (Phi) is 3.77. The van der Waals surface area contributed by atoms with Gasteiger partial charge in [-0.1, -0.05) is 19.1 Å². The number of aliphatic hydroxyl groups is 1. The summed E-state index contributed by atoms with van der Waals surface area (Å²) < 4.78 is 5.41. The van der Waals surface area contributed by atoms with Gasteiger partial charge < -0.3 is 9.84 Å². The van der Waals surface area contributed by atoms with E-state index in [2.05, 4.69) is 6.92 Å². The molecule has 1 atom stereocenters. The lowest BCUT2D eigenvalue weighted by Gasteiger charge is -2.11. The van der Waals surface area contributed by atoms with Crippen LogP contribution in [0.4, 0.5) is 0 Å². The average Bonchev–Trinajstić information content (AvgIpc) is 2.19. The minimum atomic E-state index is -0.132. The average molecular weight is 180 g/mol. The van der Waals surface area contributed by atoms with Crippen molar-refractivity contribution in [3.63, 3.8) is 0 Å². The molecule has 0 bridgehead atoms. The molecule has 2 nitrogen and oxygen atoms in total. The molecule has 72 valence electrons. The van der Waals surface area contributed by atoms with Gasteiger partial charge in [0.15, 0.2) is 0 Å². The van der Waals surface area contributed by atoms with Gasteiger partial charge in [0, 0.05) is 0 Å². The van der Waals surface area contributed by atoms with E-state index in [0.717, 1.165) is 12.2 Å². The third-order valence-electron chi connectivity index (χ3n) is 1.93. The number of benzene rings is 1. The molecule has 2 heteroatoms. The van der Waals surface area contributed by atoms with Crippen molar-refractivity contribution in [1.82, 2.24) is 0 Å². The summed E-state index contributed by atoms with van der Waals surface area (Å²) in [6.45, 7) is 4.01. The number of hydrogen-bond donors (Lipinski definition) is 1. The van der Waals surface area contributed by atoms with E-state index in [1.54, 1.807) is 0 Å². The van der Waals surface area contributed by atoms with Gasteiger partial charge in [0.25, 0.3) is 0 Å². The van der Waals surface area contributed by atoms with Crippen LogP contribution in [0, 0.1) is 0 Å². The van der Waals surface area contributed by atoms with Crippen LogP contribution in [-0.2, 0) is 6.42 Å². The Bertz CT molecular complexity index is 241. The Morgan fingerprint density at radius 2 is 1.92 bits per heavy atom. The van der Waals surface area contributed by atoms with E-state index in [9.17, 15) is 0 Å². The standard InChI is InChI=1S/C11H16O2/c1-3-10-4-6-11(7-5-10)13-9(2)8-12/h4-7,9,12H,3,8H2,1-2H3/t9-/m0/s1. The molecule has 1 N–H and O–H groups in total. The van der Waals surface area contributed by atoms with E-state index in [4.69, 9.17) is 9.84 Å². The lowest BCUT2D eigenvalue weighted by molar-refractivity contribution is 0.129. The van der Waals surface area contributed by atoms with Crippen LogP contribution in [0.3, 0.4) is 0 Å². The highest BCUT2D eigenvalue weighted by Crippen LogP contribution is 2.13. The van der Waals surface area contributed by atoms with Gasteiger partial charge >= 0.3 is 0 Å². The van der Waals surface area contributed by atoms with Crippen molar-refractivity contribution in [2.45, 2.75) is 26.4 Å². The Labute approximate surface area is 79.2 Å². The van der Waals surface area contributed by atoms with Crippen molar-refractivity contribution in [2.24, 2.45) is 0 Å². The van der Waals surface area contributed by atoms with Gasteiger partial charge in [0.05, 0.1) is 6.61 Å². The van der Waals surface area contributed by atoms with E-state index in [1.165, 1.54) is 5.56 Å². The zero-order valence-electron chi connectivity index (χ0n) is 8.16. The van der Waals surface area contributed by atoms with Crippen LogP contribution >= 0.6 is 0 Å². The maximum atomic E-state index is 8.77. The van der Waals surface area contributed by atoms with Crippen LogP contribution in [0.15, 0.2) is 24.3 Å². The highest BCUT2D eigenvalue weighted by atomic mass is 16.5. The quantitative estimate of drug-likeness (QED) is 0.768. The molecule has 0 fully saturated rings. The number of aryl methyl sites for hydroxylation is 1. The second-order valence-electron chi connectivity index (χ2n) is 3.11. The summed E-state index contributed by atoms with van der Waals surface area (Å²) in [5, 5.41) is 8.77. The van der Waals surface area contributed by atoms with Crippen molar-refractivity contribution in [3.8, 4) is 5.75 Å². The van der Waals surface area contributed by atoms with Crippen molar-refractivity contribution in [3.05, 3.63) is 29.8 Å². The lowest BCUT2D eigenvalue weighted by atomic mass is 10.2. The molecule has 0 radical (unpaired) electrons. The highest BCUT2D eigenvalue weighted by Gasteiger charge is 2.00. The normalized spacial score (nSPS) is 12.5. The molecular formula is C11H16O2. The lowest BCUT2D eigenvalue weighted by Crippen LogP contribution is -2.15. The van der Waals surface area contributed by atoms with Crippen molar-refractivity contribution < 1.29 is 9.84 Å². The summed E-state index contributed by atoms with van der Waals surface area (Å²) in [7, 11) is 0. The fourth-order valence-electron chi connectivity index (χ4n) is 1.07. The van der Waals surface area contributed by atoms with Crippen LogP contribution in [0.5, 0.6) is 5.75 Å². The molecule has 0 saturated heterocycles. The van der Waals surface area contributed by atoms with Crippen molar-refractivity contribution in [1.29, 1.82) is 0 Å².